The average molecular weight is 444 g/mol. The van der Waals surface area contributed by atoms with E-state index in [1.807, 2.05) is 6.92 Å². The topological polar surface area (TPSA) is 93.0 Å². The van der Waals surface area contributed by atoms with Crippen LogP contribution in [0.4, 0.5) is 5.69 Å². The van der Waals surface area contributed by atoms with Crippen molar-refractivity contribution in [2.24, 2.45) is 0 Å². The molecule has 31 heavy (non-hydrogen) atoms. The van der Waals surface area contributed by atoms with Crippen LogP contribution >= 0.6 is 0 Å². The van der Waals surface area contributed by atoms with Gasteiger partial charge in [0.15, 0.2) is 0 Å². The van der Waals surface area contributed by atoms with Gasteiger partial charge in [-0.05, 0) is 50.2 Å². The summed E-state index contributed by atoms with van der Waals surface area (Å²) in [4.78, 5) is 14.4. The van der Waals surface area contributed by atoms with Gasteiger partial charge in [0, 0.05) is 25.2 Å². The maximum Gasteiger partial charge on any atom is 0.264 e. The minimum atomic E-state index is -3.83. The summed E-state index contributed by atoms with van der Waals surface area (Å²) in [5.41, 5.74) is 2.39. The lowest BCUT2D eigenvalue weighted by molar-refractivity contribution is 0.0784. The Kier molecular flexibility index (Phi) is 6.35. The van der Waals surface area contributed by atoms with Crippen LogP contribution in [-0.4, -0.2) is 45.6 Å². The van der Waals surface area contributed by atoms with E-state index in [4.69, 9.17) is 9.26 Å². The molecule has 1 aromatic heterocycles. The van der Waals surface area contributed by atoms with Crippen molar-refractivity contribution in [3.8, 4) is 5.75 Å². The summed E-state index contributed by atoms with van der Waals surface area (Å²) >= 11 is 0. The van der Waals surface area contributed by atoms with Crippen molar-refractivity contribution < 1.29 is 22.5 Å². The van der Waals surface area contributed by atoms with Crippen molar-refractivity contribution >= 4 is 21.6 Å². The Morgan fingerprint density at radius 2 is 1.71 bits per heavy atom. The number of para-hydroxylation sites is 2. The number of aromatic nitrogens is 1. The standard InChI is InChI=1S/C22H25N3O5S/c1-15-19(16(2)30-23-15)14-24(3)22(26)17-10-12-18(13-11-17)31(27,28)25(4)20-8-6-7-9-21(20)29-5/h6-13H,14H2,1-5H3. The molecule has 8 nitrogen and oxygen atoms in total. The van der Waals surface area contributed by atoms with E-state index in [2.05, 4.69) is 5.16 Å². The molecule has 0 aliphatic heterocycles. The third-order valence-electron chi connectivity index (χ3n) is 5.11. The predicted octanol–water partition coefficient (Wildman–Crippen LogP) is 3.40. The normalized spacial score (nSPS) is 11.3. The lowest BCUT2D eigenvalue weighted by Crippen LogP contribution is -2.28. The van der Waals surface area contributed by atoms with E-state index in [1.54, 1.807) is 38.2 Å². The minimum Gasteiger partial charge on any atom is -0.495 e. The first-order chi connectivity index (χ1) is 14.7. The van der Waals surface area contributed by atoms with E-state index < -0.39 is 10.0 Å². The molecule has 164 valence electrons. The van der Waals surface area contributed by atoms with Crippen molar-refractivity contribution in [1.82, 2.24) is 10.1 Å². The Balaban J connectivity index is 1.81. The zero-order valence-electron chi connectivity index (χ0n) is 18.1. The summed E-state index contributed by atoms with van der Waals surface area (Å²) in [6.07, 6.45) is 0. The number of benzene rings is 2. The van der Waals surface area contributed by atoms with Gasteiger partial charge in [0.05, 0.1) is 29.9 Å². The highest BCUT2D eigenvalue weighted by Gasteiger charge is 2.24. The molecule has 0 aliphatic rings. The fraction of sp³-hybridized carbons (Fsp3) is 0.273. The van der Waals surface area contributed by atoms with Crippen molar-refractivity contribution in [3.05, 3.63) is 71.1 Å². The van der Waals surface area contributed by atoms with Crippen molar-refractivity contribution in [2.45, 2.75) is 25.3 Å². The van der Waals surface area contributed by atoms with Crippen molar-refractivity contribution in [3.63, 3.8) is 0 Å². The third-order valence-corrected chi connectivity index (χ3v) is 6.89. The fourth-order valence-corrected chi connectivity index (χ4v) is 4.41. The summed E-state index contributed by atoms with van der Waals surface area (Å²) in [7, 11) is 0.790. The monoisotopic (exact) mass is 443 g/mol. The maximum atomic E-state index is 13.1. The number of ether oxygens (including phenoxy) is 1. The van der Waals surface area contributed by atoms with Gasteiger partial charge in [-0.2, -0.15) is 0 Å². The SMILES string of the molecule is COc1ccccc1N(C)S(=O)(=O)c1ccc(C(=O)N(C)Cc2c(C)noc2C)cc1. The number of anilines is 1. The number of sulfonamides is 1. The van der Waals surface area contributed by atoms with Gasteiger partial charge >= 0.3 is 0 Å². The molecule has 2 aromatic carbocycles. The molecule has 0 fully saturated rings. The molecule has 0 aliphatic carbocycles. The summed E-state index contributed by atoms with van der Waals surface area (Å²) in [6.45, 7) is 3.96. The van der Waals surface area contributed by atoms with Crippen LogP contribution in [0, 0.1) is 13.8 Å². The van der Waals surface area contributed by atoms with Crippen LogP contribution in [0.1, 0.15) is 27.4 Å². The molecule has 0 atom stereocenters. The Hall–Kier alpha value is -3.33. The number of carbonyl (C=O) groups excluding carboxylic acids is 1. The minimum absolute atomic E-state index is 0.0748. The van der Waals surface area contributed by atoms with Crippen LogP contribution in [-0.2, 0) is 16.6 Å². The van der Waals surface area contributed by atoms with Gasteiger partial charge in [0.1, 0.15) is 11.5 Å². The zero-order valence-corrected chi connectivity index (χ0v) is 18.9. The highest BCUT2D eigenvalue weighted by molar-refractivity contribution is 7.92. The van der Waals surface area contributed by atoms with Gasteiger partial charge in [-0.1, -0.05) is 17.3 Å². The third kappa shape index (κ3) is 4.41. The first kappa shape index (κ1) is 22.4. The first-order valence-electron chi connectivity index (χ1n) is 9.56. The van der Waals surface area contributed by atoms with E-state index in [0.29, 0.717) is 29.3 Å². The lowest BCUT2D eigenvalue weighted by atomic mass is 10.1. The largest absolute Gasteiger partial charge is 0.495 e. The number of nitrogens with zero attached hydrogens (tertiary/aromatic N) is 3. The molecule has 0 radical (unpaired) electrons. The number of hydrogen-bond acceptors (Lipinski definition) is 6. The van der Waals surface area contributed by atoms with E-state index in [0.717, 1.165) is 15.6 Å². The molecule has 0 spiro atoms. The molecular weight excluding hydrogens is 418 g/mol. The maximum absolute atomic E-state index is 13.1. The quantitative estimate of drug-likeness (QED) is 0.556. The van der Waals surface area contributed by atoms with E-state index in [-0.39, 0.29) is 10.8 Å². The summed E-state index contributed by atoms with van der Waals surface area (Å²) in [6, 6.07) is 12.7. The summed E-state index contributed by atoms with van der Waals surface area (Å²) in [5, 5.41) is 3.90. The van der Waals surface area contributed by atoms with E-state index in [9.17, 15) is 13.2 Å². The second kappa shape index (κ2) is 8.81. The molecule has 1 amide bonds. The van der Waals surface area contributed by atoms with Gasteiger partial charge < -0.3 is 14.2 Å². The molecule has 3 rings (SSSR count). The molecule has 0 saturated heterocycles. The van der Waals surface area contributed by atoms with Crippen LogP contribution in [0.5, 0.6) is 5.75 Å². The summed E-state index contributed by atoms with van der Waals surface area (Å²) in [5.74, 6) is 0.876. The fourth-order valence-electron chi connectivity index (χ4n) is 3.20. The van der Waals surface area contributed by atoms with E-state index >= 15 is 0 Å². The van der Waals surface area contributed by atoms with E-state index in [1.165, 1.54) is 43.3 Å². The number of hydrogen-bond donors (Lipinski definition) is 0. The average Bonchev–Trinajstić information content (AvgIpc) is 3.10. The molecular formula is C22H25N3O5S. The predicted molar refractivity (Wildman–Crippen MR) is 117 cm³/mol. The molecule has 0 bridgehead atoms. The Bertz CT molecular complexity index is 1170. The Morgan fingerprint density at radius 3 is 2.29 bits per heavy atom. The zero-order chi connectivity index (χ0) is 22.8. The molecule has 1 heterocycles. The van der Waals surface area contributed by atoms with Crippen LogP contribution in [0.2, 0.25) is 0 Å². The molecule has 9 heteroatoms. The highest BCUT2D eigenvalue weighted by atomic mass is 32.2. The number of carbonyl (C=O) groups is 1. The van der Waals surface area contributed by atoms with Gasteiger partial charge in [-0.25, -0.2) is 8.42 Å². The number of amides is 1. The number of aryl methyl sites for hydroxylation is 2. The van der Waals surface area contributed by atoms with Crippen LogP contribution in [0.25, 0.3) is 0 Å². The van der Waals surface area contributed by atoms with Gasteiger partial charge in [-0.3, -0.25) is 9.10 Å². The summed E-state index contributed by atoms with van der Waals surface area (Å²) < 4.78 is 37.7. The van der Waals surface area contributed by atoms with Gasteiger partial charge in [-0.15, -0.1) is 0 Å². The number of methoxy groups -OCH3 is 1. The smallest absolute Gasteiger partial charge is 0.264 e. The van der Waals surface area contributed by atoms with Gasteiger partial charge in [0.2, 0.25) is 0 Å². The highest BCUT2D eigenvalue weighted by Crippen LogP contribution is 2.31. The van der Waals surface area contributed by atoms with Crippen LogP contribution in [0.3, 0.4) is 0 Å². The molecule has 3 aromatic rings. The van der Waals surface area contributed by atoms with Crippen LogP contribution in [0.15, 0.2) is 57.9 Å². The lowest BCUT2D eigenvalue weighted by Gasteiger charge is -2.22. The number of rotatable bonds is 7. The molecule has 0 saturated carbocycles. The Morgan fingerprint density at radius 1 is 1.06 bits per heavy atom. The molecule has 0 unspecified atom stereocenters. The second-order valence-electron chi connectivity index (χ2n) is 7.13. The first-order valence-corrected chi connectivity index (χ1v) is 11.0. The van der Waals surface area contributed by atoms with Crippen LogP contribution < -0.4 is 9.04 Å². The second-order valence-corrected chi connectivity index (χ2v) is 9.10. The molecule has 0 N–H and O–H groups in total. The van der Waals surface area contributed by atoms with Crippen molar-refractivity contribution in [1.29, 1.82) is 0 Å². The van der Waals surface area contributed by atoms with Gasteiger partial charge in [0.25, 0.3) is 15.9 Å². The Labute approximate surface area is 182 Å². The van der Waals surface area contributed by atoms with Crippen molar-refractivity contribution in [2.75, 3.05) is 25.5 Å².